The van der Waals surface area contributed by atoms with E-state index in [1.165, 1.54) is 11.1 Å². The monoisotopic (exact) mass is 443 g/mol. The molecule has 3 aliphatic rings. The van der Waals surface area contributed by atoms with Crippen molar-refractivity contribution in [2.45, 2.75) is 52.0 Å². The van der Waals surface area contributed by atoms with E-state index >= 15 is 0 Å². The molecule has 5 nitrogen and oxygen atoms in total. The number of carbonyl (C=O) groups excluding carboxylic acids is 1. The molecular formula is C19H26BrNO4S. The molecule has 1 unspecified atom stereocenters. The zero-order valence-electron chi connectivity index (χ0n) is 15.2. The average molecular weight is 444 g/mol. The number of rotatable bonds is 2. The number of Topliss-reactive ketones (excluding diaryl/α,β-unsaturated/α-hetero) is 1. The van der Waals surface area contributed by atoms with Crippen LogP contribution in [-0.2, 0) is 27.8 Å². The van der Waals surface area contributed by atoms with Crippen molar-refractivity contribution in [3.63, 3.8) is 0 Å². The molecule has 3 atom stereocenters. The summed E-state index contributed by atoms with van der Waals surface area (Å²) < 4.78 is 32.1. The first-order chi connectivity index (χ1) is 11.9. The van der Waals surface area contributed by atoms with Gasteiger partial charge in [-0.05, 0) is 60.3 Å². The lowest BCUT2D eigenvalue weighted by Crippen LogP contribution is -2.42. The minimum atomic E-state index is -4.08. The molecule has 3 aliphatic carbocycles. The molecule has 2 fully saturated rings. The number of halogens is 1. The number of nitrogens with two attached hydrogens (primary N) is 1. The average Bonchev–Trinajstić information content (AvgIpc) is 3.03. The number of carbonyl (C=O) groups is 1. The highest BCUT2D eigenvalue weighted by atomic mass is 79.9. The van der Waals surface area contributed by atoms with Crippen molar-refractivity contribution in [3.8, 4) is 0 Å². The van der Waals surface area contributed by atoms with E-state index in [-0.39, 0.29) is 17.1 Å². The normalized spacial score (nSPS) is 31.5. The predicted molar refractivity (Wildman–Crippen MR) is 105 cm³/mol. The van der Waals surface area contributed by atoms with Crippen molar-refractivity contribution in [2.24, 2.45) is 22.5 Å². The first kappa shape index (κ1) is 20.0. The first-order valence-electron chi connectivity index (χ1n) is 8.96. The van der Waals surface area contributed by atoms with Gasteiger partial charge in [-0.15, -0.1) is 0 Å². The van der Waals surface area contributed by atoms with Gasteiger partial charge in [0.25, 0.3) is 10.1 Å². The van der Waals surface area contributed by atoms with Crippen LogP contribution in [0, 0.1) is 16.7 Å². The van der Waals surface area contributed by atoms with Crippen LogP contribution in [-0.4, -0.2) is 30.5 Å². The van der Waals surface area contributed by atoms with Crippen LogP contribution in [0.25, 0.3) is 0 Å². The molecule has 0 aliphatic heterocycles. The van der Waals surface area contributed by atoms with Gasteiger partial charge in [-0.3, -0.25) is 9.35 Å². The van der Waals surface area contributed by atoms with Crippen molar-refractivity contribution in [1.29, 1.82) is 0 Å². The molecule has 26 heavy (non-hydrogen) atoms. The largest absolute Gasteiger partial charge is 0.327 e. The van der Waals surface area contributed by atoms with E-state index < -0.39 is 21.3 Å². The molecule has 0 aromatic heterocycles. The fourth-order valence-electron chi connectivity index (χ4n) is 5.04. The summed E-state index contributed by atoms with van der Waals surface area (Å²) in [5, 5.41) is 0. The highest BCUT2D eigenvalue weighted by Crippen LogP contribution is 2.64. The molecule has 3 N–H and O–H groups in total. The summed E-state index contributed by atoms with van der Waals surface area (Å²) in [4.78, 5) is 11.9. The van der Waals surface area contributed by atoms with E-state index in [2.05, 4.69) is 34.1 Å². The van der Waals surface area contributed by atoms with E-state index in [0.29, 0.717) is 18.9 Å². The topological polar surface area (TPSA) is 97.5 Å². The molecule has 1 aromatic carbocycles. The summed E-state index contributed by atoms with van der Waals surface area (Å²) in [7, 11) is -4.08. The number of hydrogen-bond acceptors (Lipinski definition) is 4. The Bertz CT molecular complexity index is 836. The third-order valence-electron chi connectivity index (χ3n) is 6.70. The summed E-state index contributed by atoms with van der Waals surface area (Å²) in [6, 6.07) is 6.75. The molecule has 0 saturated heterocycles. The lowest BCUT2D eigenvalue weighted by molar-refractivity contribution is -0.128. The van der Waals surface area contributed by atoms with E-state index in [4.69, 9.17) is 10.3 Å². The zero-order chi connectivity index (χ0) is 19.3. The van der Waals surface area contributed by atoms with Crippen LogP contribution < -0.4 is 5.73 Å². The van der Waals surface area contributed by atoms with Gasteiger partial charge in [-0.1, -0.05) is 35.8 Å². The number of hydrogen-bond donors (Lipinski definition) is 2. The van der Waals surface area contributed by atoms with Crippen LogP contribution in [0.3, 0.4) is 0 Å². The van der Waals surface area contributed by atoms with Gasteiger partial charge in [-0.25, -0.2) is 0 Å². The SMILES string of the molecule is CC1(C)C2CC[C@]1(CS(=O)(=O)O)C(=O)C2.N[C@H]1Cc2ccc(Br)cc2C1. The molecule has 0 radical (unpaired) electrons. The van der Waals surface area contributed by atoms with Crippen LogP contribution in [0.2, 0.25) is 0 Å². The van der Waals surface area contributed by atoms with Crippen LogP contribution in [0.5, 0.6) is 0 Å². The second kappa shape index (κ2) is 6.69. The van der Waals surface area contributed by atoms with Gasteiger partial charge in [-0.2, -0.15) is 8.42 Å². The van der Waals surface area contributed by atoms with Crippen molar-refractivity contribution in [2.75, 3.05) is 5.75 Å². The number of benzene rings is 1. The maximum absolute atomic E-state index is 11.9. The standard InChI is InChI=1S/C10H16O4S.C9H10BrN/c1-9(2)7-3-4-10(9,8(11)5-7)6-15(12,13)14;10-8-2-1-6-4-9(11)5-7(6)3-8/h7H,3-6H2,1-2H3,(H,12,13,14);1-3,9H,4-5,11H2/t7?,10-;9-/m00/s1. The van der Waals surface area contributed by atoms with Crippen molar-refractivity contribution in [1.82, 2.24) is 0 Å². The molecule has 4 rings (SSSR count). The highest BCUT2D eigenvalue weighted by Gasteiger charge is 2.65. The third-order valence-corrected chi connectivity index (χ3v) is 8.05. The Morgan fingerprint density at radius 2 is 1.88 bits per heavy atom. The fraction of sp³-hybridized carbons (Fsp3) is 0.632. The summed E-state index contributed by atoms with van der Waals surface area (Å²) in [5.74, 6) is -0.101. The van der Waals surface area contributed by atoms with Crippen LogP contribution in [0.4, 0.5) is 0 Å². The quantitative estimate of drug-likeness (QED) is 0.683. The van der Waals surface area contributed by atoms with Gasteiger partial charge in [0.15, 0.2) is 0 Å². The fourth-order valence-corrected chi connectivity index (χ4v) is 6.75. The van der Waals surface area contributed by atoms with Crippen LogP contribution in [0.1, 0.15) is 44.2 Å². The Hall–Kier alpha value is -0.760. The highest BCUT2D eigenvalue weighted by molar-refractivity contribution is 9.10. The van der Waals surface area contributed by atoms with E-state index in [1.807, 2.05) is 13.8 Å². The molecule has 7 heteroatoms. The van der Waals surface area contributed by atoms with Gasteiger partial charge in [0, 0.05) is 16.9 Å². The Kier molecular flexibility index (Phi) is 5.14. The molecular weight excluding hydrogens is 418 g/mol. The Morgan fingerprint density at radius 3 is 2.42 bits per heavy atom. The van der Waals surface area contributed by atoms with Gasteiger partial charge in [0.2, 0.25) is 0 Å². The summed E-state index contributed by atoms with van der Waals surface area (Å²) >= 11 is 3.44. The van der Waals surface area contributed by atoms with Crippen LogP contribution in [0.15, 0.2) is 22.7 Å². The van der Waals surface area contributed by atoms with Gasteiger partial charge in [0.1, 0.15) is 5.78 Å². The first-order valence-corrected chi connectivity index (χ1v) is 11.4. The van der Waals surface area contributed by atoms with Gasteiger partial charge in [0.05, 0.1) is 11.2 Å². The van der Waals surface area contributed by atoms with Crippen molar-refractivity contribution in [3.05, 3.63) is 33.8 Å². The van der Waals surface area contributed by atoms with E-state index in [9.17, 15) is 13.2 Å². The molecule has 0 amide bonds. The lowest BCUT2D eigenvalue weighted by atomic mass is 9.70. The maximum atomic E-state index is 11.9. The Morgan fingerprint density at radius 1 is 1.23 bits per heavy atom. The van der Waals surface area contributed by atoms with Crippen molar-refractivity contribution >= 4 is 31.8 Å². The summed E-state index contributed by atoms with van der Waals surface area (Å²) in [6.07, 6.45) is 4.05. The van der Waals surface area contributed by atoms with Crippen LogP contribution >= 0.6 is 15.9 Å². The van der Waals surface area contributed by atoms with E-state index in [0.717, 1.165) is 23.7 Å². The molecule has 1 aromatic rings. The maximum Gasteiger partial charge on any atom is 0.265 e. The smallest absolute Gasteiger partial charge is 0.265 e. The lowest BCUT2D eigenvalue weighted by Gasteiger charge is -2.35. The number of fused-ring (bicyclic) bond motifs is 3. The van der Waals surface area contributed by atoms with Gasteiger partial charge < -0.3 is 5.73 Å². The van der Waals surface area contributed by atoms with Crippen molar-refractivity contribution < 1.29 is 17.8 Å². The minimum absolute atomic E-state index is 0.0152. The second-order valence-electron chi connectivity index (χ2n) is 8.47. The molecule has 0 spiro atoms. The summed E-state index contributed by atoms with van der Waals surface area (Å²) in [5.41, 5.74) is 7.53. The molecule has 144 valence electrons. The molecule has 0 heterocycles. The Labute approximate surface area is 163 Å². The zero-order valence-corrected chi connectivity index (χ0v) is 17.6. The second-order valence-corrected chi connectivity index (χ2v) is 10.8. The van der Waals surface area contributed by atoms with Gasteiger partial charge >= 0.3 is 0 Å². The Balaban J connectivity index is 0.000000158. The minimum Gasteiger partial charge on any atom is -0.327 e. The van der Waals surface area contributed by atoms with E-state index in [1.54, 1.807) is 0 Å². The predicted octanol–water partition coefficient (Wildman–Crippen LogP) is 3.14. The molecule has 2 bridgehead atoms. The molecule has 2 saturated carbocycles. The number of ketones is 1. The summed E-state index contributed by atoms with van der Waals surface area (Å²) in [6.45, 7) is 3.89. The third kappa shape index (κ3) is 3.51.